The van der Waals surface area contributed by atoms with Crippen LogP contribution in [0.3, 0.4) is 0 Å². The zero-order chi connectivity index (χ0) is 76.7. The summed E-state index contributed by atoms with van der Waals surface area (Å²) in [6.45, 7) is 4.20. The van der Waals surface area contributed by atoms with Crippen LogP contribution in [0.15, 0.2) is 406 Å². The molecule has 0 saturated carbocycles. The fraction of sp³-hybridized carbons (Fsp3) is 0.0185. The predicted molar refractivity (Wildman–Crippen MR) is 479 cm³/mol. The maximum Gasteiger partial charge on any atom is 0.160 e. The van der Waals surface area contributed by atoms with Crippen molar-refractivity contribution in [2.75, 3.05) is 0 Å². The molecule has 5 aromatic heterocycles. The highest BCUT2D eigenvalue weighted by molar-refractivity contribution is 6.19. The van der Waals surface area contributed by atoms with E-state index in [-0.39, 0.29) is 0 Å². The van der Waals surface area contributed by atoms with E-state index in [1.54, 1.807) is 0 Å². The fourth-order valence-corrected chi connectivity index (χ4v) is 16.2. The number of hydrogen-bond acceptors (Lipinski definition) is 6. The first-order valence-corrected chi connectivity index (χ1v) is 39.0. The molecule has 0 amide bonds. The Kier molecular flexibility index (Phi) is 18.0. The number of nitrogens with zero attached hydrogens (tertiary/aromatic N) is 7. The van der Waals surface area contributed by atoms with Crippen LogP contribution < -0.4 is 0 Å². The van der Waals surface area contributed by atoms with Gasteiger partial charge in [0.05, 0.1) is 56.2 Å². The van der Waals surface area contributed by atoms with E-state index in [1.807, 2.05) is 18.2 Å². The van der Waals surface area contributed by atoms with Gasteiger partial charge in [0.15, 0.2) is 11.6 Å². The molecule has 0 N–H and O–H groups in total. The molecule has 21 aromatic rings. The van der Waals surface area contributed by atoms with Crippen LogP contribution in [0.25, 0.3) is 206 Å². The standard InChI is InChI=1S/C59H38N4.C49H35N3/c1-4-16-40(17-5-1)47-26-15-27-50-57(47)51-37-44(34-35-52(51)60-58(50)42-18-6-2-7-19-42)39-30-32-41(33-31-39)53-38-54(62-59(61-53)43-20-8-3-9-21-43)45-22-14-23-46(36-45)63-55-28-12-10-24-48(55)49-25-11-13-29-56(49)63;1-32-16-20-36(21-17-32)45-31-46(52-49(51-45)39-22-18-33(2)19-23-39)37-26-24-34(25-27-37)40-28-29-44-43(30-40)47-41(35-10-5-3-6-11-35)14-9-15-42(47)48(50-44)38-12-7-4-8-13-38/h1-38H;3-31H,1-2H3. The van der Waals surface area contributed by atoms with Gasteiger partial charge in [0.1, 0.15) is 0 Å². The second kappa shape index (κ2) is 29.9. The minimum atomic E-state index is 0.687. The van der Waals surface area contributed by atoms with E-state index in [0.29, 0.717) is 5.82 Å². The summed E-state index contributed by atoms with van der Waals surface area (Å²) in [4.78, 5) is 31.0. The number of para-hydroxylation sites is 2. The summed E-state index contributed by atoms with van der Waals surface area (Å²) in [5, 5.41) is 9.43. The number of aryl methyl sites for hydroxylation is 2. The molecular formula is C108H73N7. The minimum absolute atomic E-state index is 0.687. The first-order valence-electron chi connectivity index (χ1n) is 39.0. The zero-order valence-corrected chi connectivity index (χ0v) is 63.3. The predicted octanol–water partition coefficient (Wildman–Crippen LogP) is 28.1. The summed E-state index contributed by atoms with van der Waals surface area (Å²) in [6.07, 6.45) is 0. The van der Waals surface area contributed by atoms with Gasteiger partial charge in [-0.1, -0.05) is 357 Å². The Bertz CT molecular complexity index is 7100. The molecule has 0 fully saturated rings. The van der Waals surface area contributed by atoms with Crippen LogP contribution in [0.1, 0.15) is 11.1 Å². The van der Waals surface area contributed by atoms with Crippen molar-refractivity contribution in [1.29, 1.82) is 0 Å². The van der Waals surface area contributed by atoms with Crippen LogP contribution in [-0.2, 0) is 0 Å². The van der Waals surface area contributed by atoms with Gasteiger partial charge in [0, 0.05) is 93.3 Å². The number of pyridine rings is 2. The highest BCUT2D eigenvalue weighted by Crippen LogP contribution is 2.44. The molecule has 0 radical (unpaired) electrons. The lowest BCUT2D eigenvalue weighted by Crippen LogP contribution is -1.98. The van der Waals surface area contributed by atoms with Gasteiger partial charge in [0.25, 0.3) is 0 Å². The van der Waals surface area contributed by atoms with E-state index >= 15 is 0 Å². The molecule has 0 aliphatic rings. The largest absolute Gasteiger partial charge is 0.309 e. The SMILES string of the molecule is Cc1ccc(-c2cc(-c3ccc(-c4ccc5nc(-c6ccccc6)c6cccc(-c7ccccc7)c6c5c4)cc3)nc(-c3ccc(C)cc3)n2)cc1.c1ccc(-c2nc(-c3ccc(-c4ccc5nc(-c6ccccc6)c6cccc(-c7ccccc7)c6c5c4)cc3)cc(-c3cccc(-n4c5ccccc5c5ccccc54)c3)n2)cc1. The number of fused-ring (bicyclic) bond motifs is 9. The van der Waals surface area contributed by atoms with Crippen molar-refractivity contribution in [3.63, 3.8) is 0 Å². The van der Waals surface area contributed by atoms with Gasteiger partial charge >= 0.3 is 0 Å². The molecule has 0 atom stereocenters. The van der Waals surface area contributed by atoms with E-state index in [0.717, 1.165) is 145 Å². The number of aromatic nitrogens is 7. The molecule has 0 spiro atoms. The monoisotopic (exact) mass is 1470 g/mol. The molecule has 7 nitrogen and oxygen atoms in total. The lowest BCUT2D eigenvalue weighted by atomic mass is 9.91. The molecule has 0 unspecified atom stereocenters. The molecule has 5 heterocycles. The molecule has 7 heteroatoms. The minimum Gasteiger partial charge on any atom is -0.309 e. The molecule has 0 saturated heterocycles. The quantitative estimate of drug-likeness (QED) is 0.107. The summed E-state index contributed by atoms with van der Waals surface area (Å²) in [7, 11) is 0. The van der Waals surface area contributed by atoms with E-state index in [9.17, 15) is 0 Å². The lowest BCUT2D eigenvalue weighted by molar-refractivity contribution is 1.16. The summed E-state index contributed by atoms with van der Waals surface area (Å²) in [5.74, 6) is 1.41. The third kappa shape index (κ3) is 13.4. The third-order valence-corrected chi connectivity index (χ3v) is 22.0. The highest BCUT2D eigenvalue weighted by atomic mass is 15.0. The molecule has 540 valence electrons. The Morgan fingerprint density at radius 2 is 0.504 bits per heavy atom. The normalized spacial score (nSPS) is 11.4. The molecule has 115 heavy (non-hydrogen) atoms. The first kappa shape index (κ1) is 69.0. The third-order valence-electron chi connectivity index (χ3n) is 22.0. The van der Waals surface area contributed by atoms with Gasteiger partial charge in [-0.25, -0.2) is 29.9 Å². The Morgan fingerprint density at radius 1 is 0.191 bits per heavy atom. The van der Waals surface area contributed by atoms with Crippen LogP contribution in [0.5, 0.6) is 0 Å². The summed E-state index contributed by atoms with van der Waals surface area (Å²) in [5.41, 5.74) is 30.9. The Balaban J connectivity index is 0.000000152. The van der Waals surface area contributed by atoms with Gasteiger partial charge in [-0.2, -0.15) is 0 Å². The average molecular weight is 1470 g/mol. The smallest absolute Gasteiger partial charge is 0.160 e. The van der Waals surface area contributed by atoms with Crippen LogP contribution in [-0.4, -0.2) is 34.5 Å². The van der Waals surface area contributed by atoms with Crippen LogP contribution in [0.4, 0.5) is 0 Å². The highest BCUT2D eigenvalue weighted by Gasteiger charge is 2.21. The fourth-order valence-electron chi connectivity index (χ4n) is 16.2. The molecule has 16 aromatic carbocycles. The number of benzene rings is 16. The van der Waals surface area contributed by atoms with Gasteiger partial charge < -0.3 is 4.57 Å². The van der Waals surface area contributed by atoms with E-state index in [2.05, 4.69) is 407 Å². The summed E-state index contributed by atoms with van der Waals surface area (Å²) in [6, 6.07) is 144. The first-order chi connectivity index (χ1) is 56.8. The van der Waals surface area contributed by atoms with Crippen LogP contribution in [0, 0.1) is 13.8 Å². The maximum atomic E-state index is 5.29. The Labute approximate surface area is 667 Å². The summed E-state index contributed by atoms with van der Waals surface area (Å²) < 4.78 is 2.35. The van der Waals surface area contributed by atoms with Gasteiger partial charge in [-0.05, 0) is 119 Å². The molecule has 21 rings (SSSR count). The van der Waals surface area contributed by atoms with Crippen molar-refractivity contribution in [3.8, 4) is 141 Å². The molecular weight excluding hydrogens is 1400 g/mol. The second-order valence-electron chi connectivity index (χ2n) is 29.4. The van der Waals surface area contributed by atoms with Gasteiger partial charge in [-0.15, -0.1) is 0 Å². The molecule has 0 bridgehead atoms. The average Bonchev–Trinajstić information content (AvgIpc) is 1.32. The van der Waals surface area contributed by atoms with Gasteiger partial charge in [-0.3, -0.25) is 0 Å². The lowest BCUT2D eigenvalue weighted by Gasteiger charge is -2.15. The molecule has 0 aliphatic carbocycles. The summed E-state index contributed by atoms with van der Waals surface area (Å²) >= 11 is 0. The second-order valence-corrected chi connectivity index (χ2v) is 29.4. The Hall–Kier alpha value is -15.2. The van der Waals surface area contributed by atoms with E-state index in [1.165, 1.54) is 66.0 Å². The van der Waals surface area contributed by atoms with Crippen molar-refractivity contribution < 1.29 is 0 Å². The van der Waals surface area contributed by atoms with Crippen LogP contribution >= 0.6 is 0 Å². The van der Waals surface area contributed by atoms with Crippen molar-refractivity contribution in [3.05, 3.63) is 418 Å². The topological polar surface area (TPSA) is 82.3 Å². The van der Waals surface area contributed by atoms with Gasteiger partial charge in [0.2, 0.25) is 0 Å². The molecule has 0 aliphatic heterocycles. The van der Waals surface area contributed by atoms with Crippen molar-refractivity contribution in [2.45, 2.75) is 13.8 Å². The van der Waals surface area contributed by atoms with Crippen molar-refractivity contribution in [2.24, 2.45) is 0 Å². The van der Waals surface area contributed by atoms with Crippen LogP contribution in [0.2, 0.25) is 0 Å². The van der Waals surface area contributed by atoms with E-state index in [4.69, 9.17) is 29.9 Å². The zero-order valence-electron chi connectivity index (χ0n) is 63.3. The maximum absolute atomic E-state index is 5.29. The van der Waals surface area contributed by atoms with Crippen molar-refractivity contribution in [1.82, 2.24) is 34.5 Å². The van der Waals surface area contributed by atoms with E-state index < -0.39 is 0 Å². The van der Waals surface area contributed by atoms with Crippen molar-refractivity contribution >= 4 is 65.2 Å². The number of rotatable bonds is 13. The Morgan fingerprint density at radius 3 is 0.930 bits per heavy atom. The number of hydrogen-bond donors (Lipinski definition) is 0.